The summed E-state index contributed by atoms with van der Waals surface area (Å²) in [5.41, 5.74) is 21.7. The number of ether oxygens (including phenoxy) is 3. The van der Waals surface area contributed by atoms with E-state index >= 15 is 0 Å². The lowest BCUT2D eigenvalue weighted by Gasteiger charge is -2.54. The van der Waals surface area contributed by atoms with Gasteiger partial charge in [0.2, 0.25) is 0 Å². The molecule has 0 aromatic heterocycles. The highest BCUT2D eigenvalue weighted by Gasteiger charge is 2.49. The van der Waals surface area contributed by atoms with E-state index < -0.39 is 0 Å². The van der Waals surface area contributed by atoms with Gasteiger partial charge in [-0.1, -0.05) is 36.4 Å². The molecule has 40 heavy (non-hydrogen) atoms. The molecule has 0 heterocycles. The van der Waals surface area contributed by atoms with Gasteiger partial charge in [0, 0.05) is 11.6 Å². The number of benzene rings is 4. The third kappa shape index (κ3) is 4.57. The molecule has 0 saturated heterocycles. The predicted molar refractivity (Wildman–Crippen MR) is 159 cm³/mol. The molecular formula is C34H35N3O3. The minimum atomic E-state index is 0.388. The van der Waals surface area contributed by atoms with Gasteiger partial charge in [-0.3, -0.25) is 0 Å². The molecule has 0 radical (unpaired) electrons. The number of anilines is 3. The Morgan fingerprint density at radius 2 is 0.850 bits per heavy atom. The molecule has 4 aliphatic carbocycles. The lowest BCUT2D eigenvalue weighted by atomic mass is 9.50. The van der Waals surface area contributed by atoms with Gasteiger partial charge in [-0.05, 0) is 104 Å². The summed E-state index contributed by atoms with van der Waals surface area (Å²) >= 11 is 0. The monoisotopic (exact) mass is 533 g/mol. The van der Waals surface area contributed by atoms with Gasteiger partial charge in [0.25, 0.3) is 0 Å². The number of hydrogen-bond acceptors (Lipinski definition) is 6. The molecule has 6 N–H and O–H groups in total. The first-order chi connectivity index (χ1) is 19.5. The molecule has 6 nitrogen and oxygen atoms in total. The Labute approximate surface area is 235 Å². The van der Waals surface area contributed by atoms with Crippen molar-refractivity contribution < 1.29 is 14.2 Å². The summed E-state index contributed by atoms with van der Waals surface area (Å²) in [6.07, 6.45) is 6.53. The lowest BCUT2D eigenvalue weighted by Crippen LogP contribution is -2.43. The van der Waals surface area contributed by atoms with E-state index in [1.165, 1.54) is 32.1 Å². The minimum Gasteiger partial charge on any atom is -0.455 e. The molecular weight excluding hydrogens is 498 g/mol. The maximum absolute atomic E-state index is 6.62. The van der Waals surface area contributed by atoms with E-state index in [9.17, 15) is 0 Å². The van der Waals surface area contributed by atoms with Gasteiger partial charge in [-0.2, -0.15) is 0 Å². The van der Waals surface area contributed by atoms with E-state index in [-0.39, 0.29) is 0 Å². The molecule has 4 aliphatic rings. The third-order valence-electron chi connectivity index (χ3n) is 9.08. The highest BCUT2D eigenvalue weighted by molar-refractivity contribution is 5.62. The number of rotatable bonds is 7. The highest BCUT2D eigenvalue weighted by atomic mass is 16.5. The highest BCUT2D eigenvalue weighted by Crippen LogP contribution is 2.62. The first-order valence-electron chi connectivity index (χ1n) is 14.3. The molecule has 4 bridgehead atoms. The standard InChI is InChI=1S/C34H35N3O3/c35-25-7-1-4-10-28(25)38-31-19-33(40-30-12-6-3-9-27(30)37)32(39-29-11-5-2-8-26(29)36)18-24(31)34-22-14-20-13-21(16-22)17-23(34)15-20/h1-12,18-23,34H,13-17,35-37H2. The van der Waals surface area contributed by atoms with Gasteiger partial charge >= 0.3 is 0 Å². The van der Waals surface area contributed by atoms with Crippen molar-refractivity contribution in [3.63, 3.8) is 0 Å². The number of para-hydroxylation sites is 6. The van der Waals surface area contributed by atoms with Crippen LogP contribution in [0.4, 0.5) is 17.1 Å². The second-order valence-corrected chi connectivity index (χ2v) is 11.7. The molecule has 4 aromatic rings. The van der Waals surface area contributed by atoms with Gasteiger partial charge in [0.05, 0.1) is 17.1 Å². The quantitative estimate of drug-likeness (QED) is 0.206. The zero-order valence-corrected chi connectivity index (χ0v) is 22.5. The van der Waals surface area contributed by atoms with Gasteiger partial charge in [0.15, 0.2) is 23.0 Å². The van der Waals surface area contributed by atoms with E-state index in [2.05, 4.69) is 6.07 Å². The molecule has 0 unspecified atom stereocenters. The van der Waals surface area contributed by atoms with Crippen molar-refractivity contribution in [1.82, 2.24) is 0 Å². The average molecular weight is 534 g/mol. The van der Waals surface area contributed by atoms with Crippen LogP contribution in [-0.4, -0.2) is 0 Å². The van der Waals surface area contributed by atoms with Crippen molar-refractivity contribution >= 4 is 17.1 Å². The number of nitrogen functional groups attached to an aromatic ring is 3. The second-order valence-electron chi connectivity index (χ2n) is 11.7. The molecule has 4 saturated carbocycles. The van der Waals surface area contributed by atoms with Crippen LogP contribution in [0.5, 0.6) is 34.5 Å². The van der Waals surface area contributed by atoms with E-state index in [1.807, 2.05) is 78.9 Å². The Balaban J connectivity index is 1.38. The Morgan fingerprint density at radius 1 is 0.450 bits per heavy atom. The smallest absolute Gasteiger partial charge is 0.173 e. The molecule has 0 spiro atoms. The van der Waals surface area contributed by atoms with Gasteiger partial charge in [-0.15, -0.1) is 0 Å². The third-order valence-corrected chi connectivity index (χ3v) is 9.08. The van der Waals surface area contributed by atoms with Crippen LogP contribution in [-0.2, 0) is 0 Å². The largest absolute Gasteiger partial charge is 0.455 e. The summed E-state index contributed by atoms with van der Waals surface area (Å²) in [5, 5.41) is 0. The van der Waals surface area contributed by atoms with Crippen LogP contribution in [0.2, 0.25) is 0 Å². The van der Waals surface area contributed by atoms with Crippen LogP contribution in [0.25, 0.3) is 0 Å². The SMILES string of the molecule is Nc1ccccc1Oc1cc(Oc2ccccc2N)c(C2C3CC4CC(C3)CC2C4)cc1Oc1ccccc1N. The second kappa shape index (κ2) is 10.0. The fraction of sp³-hybridized carbons (Fsp3) is 0.294. The topological polar surface area (TPSA) is 106 Å². The minimum absolute atomic E-state index is 0.388. The normalized spacial score (nSPS) is 24.6. The van der Waals surface area contributed by atoms with E-state index in [0.717, 1.165) is 23.1 Å². The summed E-state index contributed by atoms with van der Waals surface area (Å²) < 4.78 is 19.5. The van der Waals surface area contributed by atoms with Crippen LogP contribution in [0.15, 0.2) is 84.9 Å². The molecule has 4 aromatic carbocycles. The van der Waals surface area contributed by atoms with Crippen LogP contribution in [0, 0.1) is 23.7 Å². The van der Waals surface area contributed by atoms with Crippen LogP contribution in [0.3, 0.4) is 0 Å². The molecule has 4 fully saturated rings. The van der Waals surface area contributed by atoms with Crippen LogP contribution in [0.1, 0.15) is 43.6 Å². The molecule has 6 heteroatoms. The first kappa shape index (κ1) is 24.7. The predicted octanol–water partition coefficient (Wildman–Crippen LogP) is 8.35. The average Bonchev–Trinajstić information content (AvgIpc) is 2.93. The summed E-state index contributed by atoms with van der Waals surface area (Å²) in [6, 6.07) is 26.6. The van der Waals surface area contributed by atoms with Crippen LogP contribution < -0.4 is 31.4 Å². The molecule has 0 amide bonds. The Kier molecular flexibility index (Phi) is 6.18. The lowest BCUT2D eigenvalue weighted by molar-refractivity contribution is -0.00341. The molecule has 8 rings (SSSR count). The van der Waals surface area contributed by atoms with E-state index in [4.69, 9.17) is 31.4 Å². The Hall–Kier alpha value is -4.32. The molecule has 0 atom stereocenters. The summed E-state index contributed by atoms with van der Waals surface area (Å²) in [6.45, 7) is 0. The van der Waals surface area contributed by atoms with Crippen LogP contribution >= 0.6 is 0 Å². The first-order valence-corrected chi connectivity index (χ1v) is 14.3. The molecule has 204 valence electrons. The fourth-order valence-electron chi connectivity index (χ4n) is 7.57. The summed E-state index contributed by atoms with van der Waals surface area (Å²) in [4.78, 5) is 0. The van der Waals surface area contributed by atoms with Crippen molar-refractivity contribution in [2.24, 2.45) is 23.7 Å². The number of hydrogen-bond donors (Lipinski definition) is 3. The van der Waals surface area contributed by atoms with Gasteiger partial charge in [0.1, 0.15) is 11.5 Å². The zero-order chi connectivity index (χ0) is 27.2. The van der Waals surface area contributed by atoms with Gasteiger partial charge < -0.3 is 31.4 Å². The maximum atomic E-state index is 6.62. The zero-order valence-electron chi connectivity index (χ0n) is 22.5. The van der Waals surface area contributed by atoms with Gasteiger partial charge in [-0.25, -0.2) is 0 Å². The maximum Gasteiger partial charge on any atom is 0.173 e. The van der Waals surface area contributed by atoms with Crippen molar-refractivity contribution in [2.75, 3.05) is 17.2 Å². The fourth-order valence-corrected chi connectivity index (χ4v) is 7.57. The van der Waals surface area contributed by atoms with Crippen molar-refractivity contribution in [3.05, 3.63) is 90.5 Å². The molecule has 0 aliphatic heterocycles. The van der Waals surface area contributed by atoms with E-state index in [1.54, 1.807) is 0 Å². The van der Waals surface area contributed by atoms with Crippen molar-refractivity contribution in [1.29, 1.82) is 0 Å². The van der Waals surface area contributed by atoms with Crippen molar-refractivity contribution in [3.8, 4) is 34.5 Å². The van der Waals surface area contributed by atoms with E-state index in [0.29, 0.717) is 63.6 Å². The Morgan fingerprint density at radius 3 is 1.30 bits per heavy atom. The summed E-state index contributed by atoms with van der Waals surface area (Å²) in [5.74, 6) is 6.94. The Bertz CT molecular complexity index is 1520. The summed E-state index contributed by atoms with van der Waals surface area (Å²) in [7, 11) is 0. The van der Waals surface area contributed by atoms with Crippen molar-refractivity contribution in [2.45, 2.75) is 38.0 Å². The number of nitrogens with two attached hydrogens (primary N) is 3.